The van der Waals surface area contributed by atoms with Crippen LogP contribution in [-0.2, 0) is 0 Å². The van der Waals surface area contributed by atoms with Gasteiger partial charge in [0.1, 0.15) is 0 Å². The molecule has 0 rings (SSSR count). The predicted octanol–water partition coefficient (Wildman–Crippen LogP) is 9.28. The Hall–Kier alpha value is 0.394. The zero-order valence-electron chi connectivity index (χ0n) is 22.4. The molecule has 0 aromatic carbocycles. The summed E-state index contributed by atoms with van der Waals surface area (Å²) in [4.78, 5) is 0. The molecule has 0 aromatic heterocycles. The van der Waals surface area contributed by atoms with E-state index < -0.39 is 16.5 Å². The standard InChI is InChI=1S/C24H54NSi2/c1-19(2,3)26(20(4,5)6,21(7,8)9)25-27(22(10,11)12,23(13,14)15)24(16,17)18/h1-18H3. The van der Waals surface area contributed by atoms with Crippen molar-refractivity contribution in [3.63, 3.8) is 0 Å². The lowest BCUT2D eigenvalue weighted by atomic mass is 10.2. The van der Waals surface area contributed by atoms with E-state index in [-0.39, 0.29) is 30.2 Å². The monoisotopic (exact) mass is 412 g/mol. The van der Waals surface area contributed by atoms with Crippen LogP contribution in [0.2, 0.25) is 30.2 Å². The maximum absolute atomic E-state index is 6.44. The van der Waals surface area contributed by atoms with Crippen LogP contribution in [0.25, 0.3) is 0 Å². The van der Waals surface area contributed by atoms with Crippen molar-refractivity contribution in [3.8, 4) is 0 Å². The highest BCUT2D eigenvalue weighted by Gasteiger charge is 2.70. The van der Waals surface area contributed by atoms with Crippen molar-refractivity contribution in [1.82, 2.24) is 4.65 Å². The molecule has 1 radical (unpaired) electrons. The predicted molar refractivity (Wildman–Crippen MR) is 132 cm³/mol. The zero-order valence-corrected chi connectivity index (χ0v) is 24.4. The molecule has 0 aliphatic heterocycles. The van der Waals surface area contributed by atoms with Crippen LogP contribution in [0.15, 0.2) is 0 Å². The van der Waals surface area contributed by atoms with E-state index in [1.54, 1.807) is 0 Å². The molecule has 163 valence electrons. The zero-order chi connectivity index (χ0) is 22.7. The van der Waals surface area contributed by atoms with Crippen molar-refractivity contribution < 1.29 is 0 Å². The summed E-state index contributed by atoms with van der Waals surface area (Å²) < 4.78 is 6.44. The minimum Gasteiger partial charge on any atom is -0.291 e. The van der Waals surface area contributed by atoms with Crippen molar-refractivity contribution in [2.75, 3.05) is 0 Å². The SMILES string of the molecule is CC(C)(C)[Si]([N][Si](C(C)(C)C)(C(C)(C)C)C(C)(C)C)(C(C)(C)C)C(C)(C)C. The van der Waals surface area contributed by atoms with Gasteiger partial charge in [-0.3, -0.25) is 4.65 Å². The van der Waals surface area contributed by atoms with Gasteiger partial charge in [0, 0.05) is 0 Å². The van der Waals surface area contributed by atoms with Crippen LogP contribution >= 0.6 is 0 Å². The van der Waals surface area contributed by atoms with E-state index in [0.717, 1.165) is 0 Å². The Morgan fingerprint density at radius 3 is 0.481 bits per heavy atom. The van der Waals surface area contributed by atoms with E-state index >= 15 is 0 Å². The molecule has 0 atom stereocenters. The van der Waals surface area contributed by atoms with Crippen molar-refractivity contribution >= 4 is 16.5 Å². The number of nitrogens with zero attached hydrogens (tertiary/aromatic N) is 1. The molecule has 0 aromatic rings. The second-order valence-corrected chi connectivity index (χ2v) is 27.8. The van der Waals surface area contributed by atoms with Gasteiger partial charge in [0.25, 0.3) is 0 Å². The number of hydrogen-bond acceptors (Lipinski definition) is 0. The Morgan fingerprint density at radius 2 is 0.407 bits per heavy atom. The highest BCUT2D eigenvalue weighted by atomic mass is 28.4. The van der Waals surface area contributed by atoms with Gasteiger partial charge in [-0.25, -0.2) is 0 Å². The smallest absolute Gasteiger partial charge is 0.151 e. The summed E-state index contributed by atoms with van der Waals surface area (Å²) in [5, 5.41) is 1.19. The third kappa shape index (κ3) is 4.31. The minimum absolute atomic E-state index is 0.198. The van der Waals surface area contributed by atoms with Gasteiger partial charge in [-0.2, -0.15) is 0 Å². The molecule has 0 N–H and O–H groups in total. The first-order chi connectivity index (χ1) is 11.2. The van der Waals surface area contributed by atoms with Crippen molar-refractivity contribution in [2.24, 2.45) is 0 Å². The highest BCUT2D eigenvalue weighted by Crippen LogP contribution is 2.68. The molecule has 0 bridgehead atoms. The summed E-state index contributed by atoms with van der Waals surface area (Å²) in [6, 6.07) is 0. The van der Waals surface area contributed by atoms with Gasteiger partial charge in [-0.05, 0) is 30.2 Å². The molecule has 0 fully saturated rings. The topological polar surface area (TPSA) is 14.1 Å². The van der Waals surface area contributed by atoms with Gasteiger partial charge < -0.3 is 0 Å². The van der Waals surface area contributed by atoms with Gasteiger partial charge in [0.2, 0.25) is 0 Å². The van der Waals surface area contributed by atoms with Crippen LogP contribution in [0.1, 0.15) is 125 Å². The van der Waals surface area contributed by atoms with E-state index in [2.05, 4.69) is 125 Å². The molecule has 0 unspecified atom stereocenters. The van der Waals surface area contributed by atoms with E-state index in [0.29, 0.717) is 0 Å². The first kappa shape index (κ1) is 27.4. The lowest BCUT2D eigenvalue weighted by molar-refractivity contribution is 0.478. The lowest BCUT2D eigenvalue weighted by Gasteiger charge is -2.68. The summed E-state index contributed by atoms with van der Waals surface area (Å²) in [7, 11) is -4.36. The second kappa shape index (κ2) is 6.98. The average molecular weight is 413 g/mol. The van der Waals surface area contributed by atoms with Crippen molar-refractivity contribution in [1.29, 1.82) is 0 Å². The average Bonchev–Trinajstić information content (AvgIpc) is 2.16. The molecule has 0 amide bonds. The second-order valence-electron chi connectivity index (χ2n) is 15.0. The Bertz CT molecular complexity index is 385. The van der Waals surface area contributed by atoms with Gasteiger partial charge in [0.05, 0.1) is 0 Å². The molecule has 0 saturated heterocycles. The van der Waals surface area contributed by atoms with Crippen LogP contribution < -0.4 is 4.65 Å². The van der Waals surface area contributed by atoms with Crippen LogP contribution in [0.4, 0.5) is 0 Å². The third-order valence-corrected chi connectivity index (χ3v) is 22.6. The molecular formula is C24H54NSi2. The van der Waals surface area contributed by atoms with Crippen LogP contribution in [0, 0.1) is 0 Å². The quantitative estimate of drug-likeness (QED) is 0.401. The fraction of sp³-hybridized carbons (Fsp3) is 1.00. The fourth-order valence-corrected chi connectivity index (χ4v) is 31.6. The first-order valence-corrected chi connectivity index (χ1v) is 14.8. The van der Waals surface area contributed by atoms with Crippen molar-refractivity contribution in [3.05, 3.63) is 0 Å². The summed E-state index contributed by atoms with van der Waals surface area (Å²) in [6.07, 6.45) is 0. The summed E-state index contributed by atoms with van der Waals surface area (Å²) in [5.74, 6) is 0. The summed E-state index contributed by atoms with van der Waals surface area (Å²) >= 11 is 0. The molecule has 1 nitrogen and oxygen atoms in total. The van der Waals surface area contributed by atoms with Gasteiger partial charge in [0.15, 0.2) is 16.5 Å². The molecule has 0 heterocycles. The van der Waals surface area contributed by atoms with E-state index in [9.17, 15) is 0 Å². The largest absolute Gasteiger partial charge is 0.291 e. The molecular weight excluding hydrogens is 358 g/mol. The maximum Gasteiger partial charge on any atom is 0.151 e. The van der Waals surface area contributed by atoms with Gasteiger partial charge in [-0.15, -0.1) is 0 Å². The maximum atomic E-state index is 6.44. The Kier molecular flexibility index (Phi) is 7.08. The third-order valence-electron chi connectivity index (χ3n) is 6.85. The van der Waals surface area contributed by atoms with Gasteiger partial charge >= 0.3 is 0 Å². The van der Waals surface area contributed by atoms with Gasteiger partial charge in [-0.1, -0.05) is 125 Å². The fourth-order valence-electron chi connectivity index (χ4n) is 8.01. The number of rotatable bonds is 2. The highest BCUT2D eigenvalue weighted by molar-refractivity contribution is 7.00. The van der Waals surface area contributed by atoms with Crippen LogP contribution in [0.5, 0.6) is 0 Å². The normalized spacial score (nSPS) is 16.7. The van der Waals surface area contributed by atoms with Crippen molar-refractivity contribution in [2.45, 2.75) is 155 Å². The van der Waals surface area contributed by atoms with Crippen LogP contribution in [0.3, 0.4) is 0 Å². The Balaban J connectivity index is 7.45. The minimum atomic E-state index is -2.18. The molecule has 0 aliphatic rings. The molecule has 3 heteroatoms. The Labute approximate surface area is 176 Å². The molecule has 0 spiro atoms. The molecule has 27 heavy (non-hydrogen) atoms. The molecule has 0 aliphatic carbocycles. The first-order valence-electron chi connectivity index (χ1n) is 10.9. The van der Waals surface area contributed by atoms with E-state index in [4.69, 9.17) is 4.65 Å². The Morgan fingerprint density at radius 1 is 0.296 bits per heavy atom. The number of hydrogen-bond donors (Lipinski definition) is 0. The molecule has 0 saturated carbocycles. The van der Waals surface area contributed by atoms with E-state index in [1.165, 1.54) is 0 Å². The summed E-state index contributed by atoms with van der Waals surface area (Å²) in [5.41, 5.74) is 0. The lowest BCUT2D eigenvalue weighted by Crippen LogP contribution is -2.78. The van der Waals surface area contributed by atoms with E-state index in [1.807, 2.05) is 0 Å². The van der Waals surface area contributed by atoms with Crippen LogP contribution in [-0.4, -0.2) is 16.5 Å². The summed E-state index contributed by atoms with van der Waals surface area (Å²) in [6.45, 7) is 44.6.